The second-order valence-corrected chi connectivity index (χ2v) is 5.50. The van der Waals surface area contributed by atoms with Crippen LogP contribution in [0.3, 0.4) is 0 Å². The highest BCUT2D eigenvalue weighted by molar-refractivity contribution is 5.32. The van der Waals surface area contributed by atoms with Crippen molar-refractivity contribution < 1.29 is 0 Å². The summed E-state index contributed by atoms with van der Waals surface area (Å²) in [6.45, 7) is 2.03. The summed E-state index contributed by atoms with van der Waals surface area (Å²) in [7, 11) is 0. The minimum absolute atomic E-state index is 0.797. The van der Waals surface area contributed by atoms with E-state index in [1.54, 1.807) is 5.57 Å². The van der Waals surface area contributed by atoms with E-state index < -0.39 is 0 Å². The minimum Gasteiger partial charge on any atom is -0.193 e. The standard InChI is InChI=1S/C13H17N/c1-8(7-14)13-11-3-9-2-10(5-11)6-12(13)4-9/h9-12H,2-6H2,1H3. The van der Waals surface area contributed by atoms with Gasteiger partial charge in [-0.1, -0.05) is 5.57 Å². The van der Waals surface area contributed by atoms with Crippen LogP contribution in [0, 0.1) is 35.0 Å². The molecule has 4 aliphatic rings. The van der Waals surface area contributed by atoms with Gasteiger partial charge in [0, 0.05) is 5.57 Å². The predicted octanol–water partition coefficient (Wildman–Crippen LogP) is 3.28. The maximum absolute atomic E-state index is 9.01. The molecular weight excluding hydrogens is 170 g/mol. The lowest BCUT2D eigenvalue weighted by Gasteiger charge is -2.51. The first-order valence-corrected chi connectivity index (χ1v) is 5.88. The zero-order chi connectivity index (χ0) is 9.71. The van der Waals surface area contributed by atoms with Crippen molar-refractivity contribution in [1.29, 1.82) is 5.26 Å². The Bertz CT molecular complexity index is 302. The molecule has 14 heavy (non-hydrogen) atoms. The van der Waals surface area contributed by atoms with E-state index in [0.29, 0.717) is 0 Å². The third kappa shape index (κ3) is 1.06. The number of hydrogen-bond donors (Lipinski definition) is 0. The molecule has 0 N–H and O–H groups in total. The Morgan fingerprint density at radius 3 is 2.00 bits per heavy atom. The average molecular weight is 187 g/mol. The summed E-state index contributed by atoms with van der Waals surface area (Å²) in [5.41, 5.74) is 2.60. The highest BCUT2D eigenvalue weighted by atomic mass is 14.5. The summed E-state index contributed by atoms with van der Waals surface area (Å²) in [5.74, 6) is 3.61. The molecule has 0 atom stereocenters. The van der Waals surface area contributed by atoms with Gasteiger partial charge < -0.3 is 0 Å². The summed E-state index contributed by atoms with van der Waals surface area (Å²) >= 11 is 0. The molecule has 0 heterocycles. The summed E-state index contributed by atoms with van der Waals surface area (Å²) in [5, 5.41) is 9.01. The van der Waals surface area contributed by atoms with Gasteiger partial charge in [-0.15, -0.1) is 0 Å². The van der Waals surface area contributed by atoms with Crippen LogP contribution in [0.2, 0.25) is 0 Å². The lowest BCUT2D eigenvalue weighted by Crippen LogP contribution is -2.40. The summed E-state index contributed by atoms with van der Waals surface area (Å²) in [4.78, 5) is 0. The first-order chi connectivity index (χ1) is 6.78. The maximum Gasteiger partial charge on any atom is 0.0943 e. The van der Waals surface area contributed by atoms with Crippen molar-refractivity contribution in [3.8, 4) is 6.07 Å². The molecule has 1 heteroatoms. The molecule has 0 aromatic carbocycles. The van der Waals surface area contributed by atoms with Crippen LogP contribution in [0.4, 0.5) is 0 Å². The SMILES string of the molecule is CC(C#N)=C1C2CC3CC(C2)CC1C3. The monoisotopic (exact) mass is 187 g/mol. The Kier molecular flexibility index (Phi) is 1.74. The molecule has 0 saturated heterocycles. The molecule has 4 aliphatic carbocycles. The van der Waals surface area contributed by atoms with Crippen molar-refractivity contribution in [1.82, 2.24) is 0 Å². The Morgan fingerprint density at radius 1 is 1.07 bits per heavy atom. The molecule has 0 spiro atoms. The van der Waals surface area contributed by atoms with Crippen LogP contribution in [0.25, 0.3) is 0 Å². The fraction of sp³-hybridized carbons (Fsp3) is 0.769. The van der Waals surface area contributed by atoms with Gasteiger partial charge in [0.05, 0.1) is 6.07 Å². The van der Waals surface area contributed by atoms with Gasteiger partial charge in [-0.05, 0) is 62.7 Å². The molecule has 74 valence electrons. The van der Waals surface area contributed by atoms with Gasteiger partial charge in [-0.2, -0.15) is 5.26 Å². The van der Waals surface area contributed by atoms with Gasteiger partial charge in [0.2, 0.25) is 0 Å². The van der Waals surface area contributed by atoms with Crippen LogP contribution in [0.15, 0.2) is 11.1 Å². The quantitative estimate of drug-likeness (QED) is 0.534. The molecule has 0 amide bonds. The molecule has 4 bridgehead atoms. The van der Waals surface area contributed by atoms with Gasteiger partial charge in [0.25, 0.3) is 0 Å². The van der Waals surface area contributed by atoms with Crippen molar-refractivity contribution in [3.63, 3.8) is 0 Å². The predicted molar refractivity (Wildman–Crippen MR) is 55.4 cm³/mol. The fourth-order valence-electron chi connectivity index (χ4n) is 4.37. The van der Waals surface area contributed by atoms with Crippen LogP contribution in [-0.2, 0) is 0 Å². The van der Waals surface area contributed by atoms with E-state index in [9.17, 15) is 0 Å². The van der Waals surface area contributed by atoms with E-state index in [2.05, 4.69) is 6.07 Å². The van der Waals surface area contributed by atoms with Crippen molar-refractivity contribution in [2.75, 3.05) is 0 Å². The highest BCUT2D eigenvalue weighted by Crippen LogP contribution is 2.56. The topological polar surface area (TPSA) is 23.8 Å². The zero-order valence-corrected chi connectivity index (χ0v) is 8.79. The number of nitriles is 1. The van der Waals surface area contributed by atoms with Crippen molar-refractivity contribution in [2.45, 2.75) is 39.0 Å². The van der Waals surface area contributed by atoms with Crippen molar-refractivity contribution in [2.24, 2.45) is 23.7 Å². The van der Waals surface area contributed by atoms with Crippen LogP contribution >= 0.6 is 0 Å². The zero-order valence-electron chi connectivity index (χ0n) is 8.79. The molecule has 0 aliphatic heterocycles. The number of allylic oxidation sites excluding steroid dienone is 2. The molecular formula is C13H17N. The molecule has 4 fully saturated rings. The largest absolute Gasteiger partial charge is 0.193 e. The number of hydrogen-bond acceptors (Lipinski definition) is 1. The normalized spacial score (nSPS) is 43.9. The minimum atomic E-state index is 0.797. The van der Waals surface area contributed by atoms with Crippen molar-refractivity contribution >= 4 is 0 Å². The molecule has 4 rings (SSSR count). The summed E-state index contributed by atoms with van der Waals surface area (Å²) in [6.07, 6.45) is 7.05. The Labute approximate surface area is 85.8 Å². The smallest absolute Gasteiger partial charge is 0.0943 e. The van der Waals surface area contributed by atoms with Crippen LogP contribution < -0.4 is 0 Å². The molecule has 1 nitrogen and oxygen atoms in total. The van der Waals surface area contributed by atoms with E-state index in [4.69, 9.17) is 5.26 Å². The van der Waals surface area contributed by atoms with Crippen LogP contribution in [0.1, 0.15) is 39.0 Å². The molecule has 0 aromatic heterocycles. The first kappa shape index (κ1) is 8.53. The highest BCUT2D eigenvalue weighted by Gasteiger charge is 2.45. The van der Waals surface area contributed by atoms with Gasteiger partial charge >= 0.3 is 0 Å². The first-order valence-electron chi connectivity index (χ1n) is 5.88. The van der Waals surface area contributed by atoms with Gasteiger partial charge in [-0.3, -0.25) is 0 Å². The third-order valence-electron chi connectivity index (χ3n) is 4.62. The molecule has 0 radical (unpaired) electrons. The second-order valence-electron chi connectivity index (χ2n) is 5.50. The number of nitrogens with zero attached hydrogens (tertiary/aromatic N) is 1. The van der Waals surface area contributed by atoms with Crippen LogP contribution in [0.5, 0.6) is 0 Å². The molecule has 4 saturated carbocycles. The third-order valence-corrected chi connectivity index (χ3v) is 4.62. The van der Waals surface area contributed by atoms with E-state index >= 15 is 0 Å². The van der Waals surface area contributed by atoms with E-state index in [1.165, 1.54) is 32.1 Å². The average Bonchev–Trinajstić information content (AvgIpc) is 2.15. The Balaban J connectivity index is 2.00. The molecule has 0 aromatic rings. The van der Waals surface area contributed by atoms with Crippen LogP contribution in [-0.4, -0.2) is 0 Å². The van der Waals surface area contributed by atoms with Gasteiger partial charge in [0.1, 0.15) is 0 Å². The lowest BCUT2D eigenvalue weighted by atomic mass is 9.53. The fourth-order valence-corrected chi connectivity index (χ4v) is 4.37. The van der Waals surface area contributed by atoms with E-state index in [0.717, 1.165) is 29.2 Å². The van der Waals surface area contributed by atoms with E-state index in [1.807, 2.05) is 6.92 Å². The Morgan fingerprint density at radius 2 is 1.57 bits per heavy atom. The number of rotatable bonds is 0. The summed E-state index contributed by atoms with van der Waals surface area (Å²) < 4.78 is 0. The van der Waals surface area contributed by atoms with Gasteiger partial charge in [-0.25, -0.2) is 0 Å². The van der Waals surface area contributed by atoms with E-state index in [-0.39, 0.29) is 0 Å². The molecule has 0 unspecified atom stereocenters. The lowest BCUT2D eigenvalue weighted by molar-refractivity contribution is 0.0688. The van der Waals surface area contributed by atoms with Gasteiger partial charge in [0.15, 0.2) is 0 Å². The Hall–Kier alpha value is -0.770. The summed E-state index contributed by atoms with van der Waals surface area (Å²) in [6, 6.07) is 2.37. The second kappa shape index (κ2) is 2.86. The maximum atomic E-state index is 9.01. The van der Waals surface area contributed by atoms with Crippen molar-refractivity contribution in [3.05, 3.63) is 11.1 Å².